The zero-order valence-electron chi connectivity index (χ0n) is 8.95. The Morgan fingerprint density at radius 1 is 1.47 bits per heavy atom. The highest BCUT2D eigenvalue weighted by molar-refractivity contribution is 5.89. The van der Waals surface area contributed by atoms with Crippen molar-refractivity contribution in [2.75, 3.05) is 5.32 Å². The minimum Gasteiger partial charge on any atom is -0.392 e. The van der Waals surface area contributed by atoms with Crippen molar-refractivity contribution in [2.45, 2.75) is 26.5 Å². The molecule has 4 nitrogen and oxygen atoms in total. The van der Waals surface area contributed by atoms with E-state index >= 15 is 0 Å². The van der Waals surface area contributed by atoms with E-state index in [9.17, 15) is 4.79 Å². The Hall–Kier alpha value is -1.55. The summed E-state index contributed by atoms with van der Waals surface area (Å²) in [6, 6.07) is 6.97. The lowest BCUT2D eigenvalue weighted by atomic mass is 10.2. The molecule has 0 fully saturated rings. The fourth-order valence-electron chi connectivity index (χ4n) is 1.18. The highest BCUT2D eigenvalue weighted by Crippen LogP contribution is 2.10. The van der Waals surface area contributed by atoms with Crippen LogP contribution in [0.3, 0.4) is 0 Å². The number of carbonyl (C=O) groups excluding carboxylic acids is 1. The molecule has 0 aliphatic carbocycles. The van der Waals surface area contributed by atoms with Crippen molar-refractivity contribution in [3.05, 3.63) is 29.8 Å². The maximum absolute atomic E-state index is 11.3. The van der Waals surface area contributed by atoms with Crippen LogP contribution in [0.15, 0.2) is 24.3 Å². The molecule has 0 saturated heterocycles. The first-order chi connectivity index (χ1) is 7.11. The predicted octanol–water partition coefficient (Wildman–Crippen LogP) is 1.71. The van der Waals surface area contributed by atoms with E-state index < -0.39 is 0 Å². The first-order valence-electron chi connectivity index (χ1n) is 4.89. The molecule has 0 aliphatic heterocycles. The summed E-state index contributed by atoms with van der Waals surface area (Å²) in [5.41, 5.74) is 1.46. The molecule has 0 heterocycles. The lowest BCUT2D eigenvalue weighted by molar-refractivity contribution is 0.250. The van der Waals surface area contributed by atoms with Gasteiger partial charge in [0.25, 0.3) is 0 Å². The molecule has 0 aliphatic rings. The van der Waals surface area contributed by atoms with Gasteiger partial charge >= 0.3 is 6.03 Å². The molecule has 1 rings (SSSR count). The van der Waals surface area contributed by atoms with Crippen LogP contribution in [-0.2, 0) is 6.61 Å². The van der Waals surface area contributed by atoms with E-state index in [0.29, 0.717) is 5.69 Å². The summed E-state index contributed by atoms with van der Waals surface area (Å²) < 4.78 is 0. The van der Waals surface area contributed by atoms with E-state index in [0.717, 1.165) is 5.56 Å². The smallest absolute Gasteiger partial charge is 0.319 e. The van der Waals surface area contributed by atoms with Crippen molar-refractivity contribution in [1.29, 1.82) is 0 Å². The summed E-state index contributed by atoms with van der Waals surface area (Å²) in [7, 11) is 0. The molecule has 3 N–H and O–H groups in total. The second-order valence-electron chi connectivity index (χ2n) is 3.61. The molecule has 1 aromatic carbocycles. The molecular weight excluding hydrogens is 192 g/mol. The van der Waals surface area contributed by atoms with Crippen LogP contribution < -0.4 is 10.6 Å². The lowest BCUT2D eigenvalue weighted by Crippen LogP contribution is -2.34. The van der Waals surface area contributed by atoms with Crippen LogP contribution in [0.4, 0.5) is 10.5 Å². The number of urea groups is 1. The summed E-state index contributed by atoms with van der Waals surface area (Å²) in [6.45, 7) is 3.76. The fraction of sp³-hybridized carbons (Fsp3) is 0.364. The lowest BCUT2D eigenvalue weighted by Gasteiger charge is -2.10. The minimum atomic E-state index is -0.236. The Morgan fingerprint density at radius 2 is 2.20 bits per heavy atom. The normalized spacial score (nSPS) is 10.1. The van der Waals surface area contributed by atoms with Crippen LogP contribution in [0.5, 0.6) is 0 Å². The van der Waals surface area contributed by atoms with E-state index in [2.05, 4.69) is 10.6 Å². The fourth-order valence-corrected chi connectivity index (χ4v) is 1.18. The van der Waals surface area contributed by atoms with Crippen molar-refractivity contribution in [1.82, 2.24) is 5.32 Å². The number of nitrogens with one attached hydrogen (secondary N) is 2. The molecule has 0 aromatic heterocycles. The summed E-state index contributed by atoms with van der Waals surface area (Å²) in [4.78, 5) is 11.3. The molecule has 0 saturated carbocycles. The van der Waals surface area contributed by atoms with E-state index in [1.807, 2.05) is 13.8 Å². The number of anilines is 1. The van der Waals surface area contributed by atoms with Gasteiger partial charge in [0.1, 0.15) is 0 Å². The van der Waals surface area contributed by atoms with Gasteiger partial charge in [0, 0.05) is 11.7 Å². The van der Waals surface area contributed by atoms with E-state index in [1.54, 1.807) is 24.3 Å². The predicted molar refractivity (Wildman–Crippen MR) is 59.7 cm³/mol. The molecule has 0 spiro atoms. The van der Waals surface area contributed by atoms with Gasteiger partial charge in [-0.2, -0.15) is 0 Å². The maximum atomic E-state index is 11.3. The quantitative estimate of drug-likeness (QED) is 0.708. The van der Waals surface area contributed by atoms with Crippen LogP contribution in [0.1, 0.15) is 19.4 Å². The van der Waals surface area contributed by atoms with Crippen LogP contribution >= 0.6 is 0 Å². The van der Waals surface area contributed by atoms with Crippen molar-refractivity contribution in [3.8, 4) is 0 Å². The van der Waals surface area contributed by atoms with Gasteiger partial charge in [-0.25, -0.2) is 4.79 Å². The first-order valence-corrected chi connectivity index (χ1v) is 4.89. The number of hydrogen-bond donors (Lipinski definition) is 3. The van der Waals surface area contributed by atoms with Crippen molar-refractivity contribution in [3.63, 3.8) is 0 Å². The molecule has 1 aromatic rings. The second-order valence-corrected chi connectivity index (χ2v) is 3.61. The molecule has 4 heteroatoms. The van der Waals surface area contributed by atoms with Gasteiger partial charge in [0.05, 0.1) is 6.61 Å². The first kappa shape index (κ1) is 11.5. The number of rotatable bonds is 3. The van der Waals surface area contributed by atoms with Gasteiger partial charge in [-0.3, -0.25) is 0 Å². The third-order valence-electron chi connectivity index (χ3n) is 1.79. The average Bonchev–Trinajstić information content (AvgIpc) is 2.16. The number of aliphatic hydroxyl groups excluding tert-OH is 1. The average molecular weight is 208 g/mol. The van der Waals surface area contributed by atoms with Gasteiger partial charge < -0.3 is 15.7 Å². The molecule has 15 heavy (non-hydrogen) atoms. The largest absolute Gasteiger partial charge is 0.392 e. The monoisotopic (exact) mass is 208 g/mol. The summed E-state index contributed by atoms with van der Waals surface area (Å²) in [6.07, 6.45) is 0. The molecule has 82 valence electrons. The summed E-state index contributed by atoms with van der Waals surface area (Å²) >= 11 is 0. The van der Waals surface area contributed by atoms with Gasteiger partial charge in [-0.15, -0.1) is 0 Å². The third kappa shape index (κ3) is 3.99. The summed E-state index contributed by atoms with van der Waals surface area (Å²) in [5.74, 6) is 0. The van der Waals surface area contributed by atoms with Gasteiger partial charge in [0.15, 0.2) is 0 Å². The highest BCUT2D eigenvalue weighted by Gasteiger charge is 2.03. The van der Waals surface area contributed by atoms with Crippen LogP contribution in [0.2, 0.25) is 0 Å². The Bertz CT molecular complexity index is 337. The topological polar surface area (TPSA) is 61.4 Å². The van der Waals surface area contributed by atoms with Gasteiger partial charge in [-0.05, 0) is 31.5 Å². The molecule has 0 bridgehead atoms. The van der Waals surface area contributed by atoms with E-state index in [1.165, 1.54) is 0 Å². The number of benzene rings is 1. The molecule has 0 radical (unpaired) electrons. The molecule has 2 amide bonds. The zero-order chi connectivity index (χ0) is 11.3. The zero-order valence-corrected chi connectivity index (χ0v) is 8.95. The number of carbonyl (C=O) groups is 1. The van der Waals surface area contributed by atoms with E-state index in [4.69, 9.17) is 5.11 Å². The van der Waals surface area contributed by atoms with Crippen LogP contribution in [0.25, 0.3) is 0 Å². The van der Waals surface area contributed by atoms with Crippen LogP contribution in [-0.4, -0.2) is 17.2 Å². The Kier molecular flexibility index (Phi) is 4.12. The minimum absolute atomic E-state index is 0.0265. The number of aliphatic hydroxyl groups is 1. The molecule has 0 unspecified atom stereocenters. The van der Waals surface area contributed by atoms with E-state index in [-0.39, 0.29) is 18.7 Å². The summed E-state index contributed by atoms with van der Waals surface area (Å²) in [5, 5.41) is 14.3. The Labute approximate surface area is 89.3 Å². The van der Waals surface area contributed by atoms with Crippen molar-refractivity contribution in [2.24, 2.45) is 0 Å². The maximum Gasteiger partial charge on any atom is 0.319 e. The van der Waals surface area contributed by atoms with Crippen LogP contribution in [0, 0.1) is 0 Å². The highest BCUT2D eigenvalue weighted by atomic mass is 16.3. The Morgan fingerprint density at radius 3 is 2.80 bits per heavy atom. The standard InChI is InChI=1S/C11H16N2O2/c1-8(2)12-11(15)13-10-5-3-4-9(6-10)7-14/h3-6,8,14H,7H2,1-2H3,(H2,12,13,15). The van der Waals surface area contributed by atoms with Gasteiger partial charge in [0.2, 0.25) is 0 Å². The van der Waals surface area contributed by atoms with Crippen molar-refractivity contribution >= 4 is 11.7 Å². The second kappa shape index (κ2) is 5.36. The number of hydrogen-bond acceptors (Lipinski definition) is 2. The third-order valence-corrected chi connectivity index (χ3v) is 1.79. The molecule has 0 atom stereocenters. The Balaban J connectivity index is 2.60. The van der Waals surface area contributed by atoms with Crippen molar-refractivity contribution < 1.29 is 9.90 Å². The molecular formula is C11H16N2O2. The number of amides is 2. The SMILES string of the molecule is CC(C)NC(=O)Nc1cccc(CO)c1. The van der Waals surface area contributed by atoms with Gasteiger partial charge in [-0.1, -0.05) is 12.1 Å².